The molecule has 0 fully saturated rings. The Morgan fingerprint density at radius 2 is 2.10 bits per heavy atom. The van der Waals surface area contributed by atoms with Gasteiger partial charge in [-0.25, -0.2) is 0 Å². The van der Waals surface area contributed by atoms with Crippen LogP contribution in [0.15, 0.2) is 36.4 Å². The number of rotatable bonds is 2. The third-order valence-electron chi connectivity index (χ3n) is 3.51. The number of carbonyl (C=O) groups is 1. The van der Waals surface area contributed by atoms with Gasteiger partial charge in [0, 0.05) is 27.1 Å². The smallest absolute Gasteiger partial charge is 0.255 e. The average Bonchev–Trinajstić information content (AvgIpc) is 2.90. The molecule has 0 atom stereocenters. The highest BCUT2D eigenvalue weighted by molar-refractivity contribution is 14.1. The summed E-state index contributed by atoms with van der Waals surface area (Å²) in [6.45, 7) is 3.01. The Labute approximate surface area is 131 Å². The minimum atomic E-state index is -0.0562. The number of fused-ring (bicyclic) bond motifs is 1. The molecule has 3 nitrogen and oxygen atoms in total. The Balaban J connectivity index is 1.80. The van der Waals surface area contributed by atoms with E-state index in [1.807, 2.05) is 36.4 Å². The fraction of sp³-hybridized carbons (Fsp3) is 0.188. The van der Waals surface area contributed by atoms with Gasteiger partial charge in [-0.15, -0.1) is 0 Å². The van der Waals surface area contributed by atoms with Gasteiger partial charge in [0.1, 0.15) is 0 Å². The van der Waals surface area contributed by atoms with E-state index in [2.05, 4.69) is 40.1 Å². The van der Waals surface area contributed by atoms with Crippen molar-refractivity contribution < 1.29 is 4.79 Å². The van der Waals surface area contributed by atoms with Gasteiger partial charge in [-0.1, -0.05) is 6.07 Å². The second kappa shape index (κ2) is 5.44. The number of nitrogens with one attached hydrogen (secondary N) is 2. The number of hydrogen-bond donors (Lipinski definition) is 2. The van der Waals surface area contributed by atoms with Gasteiger partial charge in [-0.3, -0.25) is 4.79 Å². The normalized spacial score (nSPS) is 12.7. The van der Waals surface area contributed by atoms with Crippen LogP contribution in [0.1, 0.15) is 21.5 Å². The summed E-state index contributed by atoms with van der Waals surface area (Å²) in [7, 11) is 0. The van der Waals surface area contributed by atoms with Gasteiger partial charge in [-0.2, -0.15) is 0 Å². The topological polar surface area (TPSA) is 41.1 Å². The second-order valence-corrected chi connectivity index (χ2v) is 6.13. The molecule has 0 unspecified atom stereocenters. The first-order valence-electron chi connectivity index (χ1n) is 6.58. The van der Waals surface area contributed by atoms with E-state index in [9.17, 15) is 4.79 Å². The molecule has 102 valence electrons. The summed E-state index contributed by atoms with van der Waals surface area (Å²) < 4.78 is 1.15. The van der Waals surface area contributed by atoms with E-state index in [4.69, 9.17) is 0 Å². The van der Waals surface area contributed by atoms with E-state index in [1.165, 1.54) is 11.1 Å². The summed E-state index contributed by atoms with van der Waals surface area (Å²) in [6, 6.07) is 11.8. The zero-order chi connectivity index (χ0) is 14.1. The van der Waals surface area contributed by atoms with Crippen molar-refractivity contribution in [3.8, 4) is 0 Å². The molecule has 0 saturated carbocycles. The highest BCUT2D eigenvalue weighted by atomic mass is 127. The highest BCUT2D eigenvalue weighted by Crippen LogP contribution is 2.24. The minimum Gasteiger partial charge on any atom is -0.384 e. The quantitative estimate of drug-likeness (QED) is 0.781. The number of anilines is 2. The maximum Gasteiger partial charge on any atom is 0.255 e. The minimum absolute atomic E-state index is 0.0562. The fourth-order valence-corrected chi connectivity index (χ4v) is 2.84. The Bertz CT molecular complexity index is 682. The zero-order valence-electron chi connectivity index (χ0n) is 11.2. The van der Waals surface area contributed by atoms with Gasteiger partial charge in [0.25, 0.3) is 5.91 Å². The summed E-state index contributed by atoms with van der Waals surface area (Å²) >= 11 is 2.28. The van der Waals surface area contributed by atoms with E-state index >= 15 is 0 Å². The molecular weight excluding hydrogens is 363 g/mol. The van der Waals surface area contributed by atoms with Gasteiger partial charge < -0.3 is 10.6 Å². The fourth-order valence-electron chi connectivity index (χ4n) is 2.32. The SMILES string of the molecule is Cc1ccc(NC(=O)c2ccc3c(c2)CCN3)cc1I. The summed E-state index contributed by atoms with van der Waals surface area (Å²) in [4.78, 5) is 12.3. The molecule has 4 heteroatoms. The molecule has 1 heterocycles. The Morgan fingerprint density at radius 1 is 1.25 bits per heavy atom. The van der Waals surface area contributed by atoms with Crippen LogP contribution < -0.4 is 10.6 Å². The van der Waals surface area contributed by atoms with Gasteiger partial charge in [0.2, 0.25) is 0 Å². The first kappa shape index (κ1) is 13.4. The largest absolute Gasteiger partial charge is 0.384 e. The van der Waals surface area contributed by atoms with Crippen LogP contribution in [-0.4, -0.2) is 12.5 Å². The van der Waals surface area contributed by atoms with Crippen molar-refractivity contribution in [1.29, 1.82) is 0 Å². The van der Waals surface area contributed by atoms with E-state index in [-0.39, 0.29) is 5.91 Å². The van der Waals surface area contributed by atoms with Crippen LogP contribution in [-0.2, 0) is 6.42 Å². The first-order valence-corrected chi connectivity index (χ1v) is 7.66. The molecule has 2 aromatic rings. The molecule has 0 radical (unpaired) electrons. The van der Waals surface area contributed by atoms with Crippen LogP contribution in [0.25, 0.3) is 0 Å². The lowest BCUT2D eigenvalue weighted by molar-refractivity contribution is 0.102. The molecule has 1 aliphatic rings. The van der Waals surface area contributed by atoms with Crippen molar-refractivity contribution in [3.05, 3.63) is 56.7 Å². The van der Waals surface area contributed by atoms with Crippen molar-refractivity contribution in [2.24, 2.45) is 0 Å². The number of amides is 1. The average molecular weight is 378 g/mol. The first-order chi connectivity index (χ1) is 9.63. The van der Waals surface area contributed by atoms with Crippen LogP contribution >= 0.6 is 22.6 Å². The van der Waals surface area contributed by atoms with Crippen molar-refractivity contribution in [2.45, 2.75) is 13.3 Å². The molecule has 3 rings (SSSR count). The Kier molecular flexibility index (Phi) is 3.65. The molecule has 1 aliphatic heterocycles. The molecule has 20 heavy (non-hydrogen) atoms. The molecule has 1 amide bonds. The number of halogens is 1. The summed E-state index contributed by atoms with van der Waals surface area (Å²) in [5.41, 5.74) is 5.13. The van der Waals surface area contributed by atoms with Crippen molar-refractivity contribution in [3.63, 3.8) is 0 Å². The van der Waals surface area contributed by atoms with Crippen LogP contribution in [0.3, 0.4) is 0 Å². The summed E-state index contributed by atoms with van der Waals surface area (Å²) in [5, 5.41) is 6.25. The highest BCUT2D eigenvalue weighted by Gasteiger charge is 2.13. The number of aryl methyl sites for hydroxylation is 1. The molecule has 0 aromatic heterocycles. The third-order valence-corrected chi connectivity index (χ3v) is 4.67. The molecule has 2 N–H and O–H groups in total. The summed E-state index contributed by atoms with van der Waals surface area (Å²) in [5.74, 6) is -0.0562. The van der Waals surface area contributed by atoms with Gasteiger partial charge in [0.05, 0.1) is 0 Å². The lowest BCUT2D eigenvalue weighted by atomic mass is 10.1. The number of carbonyl (C=O) groups excluding carboxylic acids is 1. The standard InChI is InChI=1S/C16H15IN2O/c1-10-2-4-13(9-14(10)17)19-16(20)12-3-5-15-11(8-12)6-7-18-15/h2-5,8-9,18H,6-7H2,1H3,(H,19,20). The monoisotopic (exact) mass is 378 g/mol. The maximum absolute atomic E-state index is 12.3. The van der Waals surface area contributed by atoms with Crippen LogP contribution in [0.4, 0.5) is 11.4 Å². The second-order valence-electron chi connectivity index (χ2n) is 4.97. The molecular formula is C16H15IN2O. The van der Waals surface area contributed by atoms with Gasteiger partial charge in [0.15, 0.2) is 0 Å². The Morgan fingerprint density at radius 3 is 2.90 bits per heavy atom. The maximum atomic E-state index is 12.3. The molecule has 0 bridgehead atoms. The van der Waals surface area contributed by atoms with Crippen molar-refractivity contribution in [1.82, 2.24) is 0 Å². The Hall–Kier alpha value is -1.56. The van der Waals surface area contributed by atoms with E-state index in [0.29, 0.717) is 5.56 Å². The third kappa shape index (κ3) is 2.65. The number of benzene rings is 2. The molecule has 2 aromatic carbocycles. The molecule has 0 saturated heterocycles. The lowest BCUT2D eigenvalue weighted by Gasteiger charge is -2.08. The zero-order valence-corrected chi connectivity index (χ0v) is 13.3. The number of hydrogen-bond acceptors (Lipinski definition) is 2. The van der Waals surface area contributed by atoms with Crippen LogP contribution in [0, 0.1) is 10.5 Å². The molecule has 0 spiro atoms. The molecule has 0 aliphatic carbocycles. The van der Waals surface area contributed by atoms with Crippen molar-refractivity contribution >= 4 is 39.9 Å². The van der Waals surface area contributed by atoms with Gasteiger partial charge >= 0.3 is 0 Å². The van der Waals surface area contributed by atoms with E-state index in [1.54, 1.807) is 0 Å². The van der Waals surface area contributed by atoms with E-state index in [0.717, 1.165) is 27.9 Å². The van der Waals surface area contributed by atoms with E-state index < -0.39 is 0 Å². The van der Waals surface area contributed by atoms with Gasteiger partial charge in [-0.05, 0) is 77.4 Å². The predicted molar refractivity (Wildman–Crippen MR) is 90.5 cm³/mol. The predicted octanol–water partition coefficient (Wildman–Crippen LogP) is 3.82. The van der Waals surface area contributed by atoms with Crippen LogP contribution in [0.5, 0.6) is 0 Å². The van der Waals surface area contributed by atoms with Crippen LogP contribution in [0.2, 0.25) is 0 Å². The lowest BCUT2D eigenvalue weighted by Crippen LogP contribution is -2.12. The summed E-state index contributed by atoms with van der Waals surface area (Å²) in [6.07, 6.45) is 0.985. The van der Waals surface area contributed by atoms with Crippen molar-refractivity contribution in [2.75, 3.05) is 17.2 Å².